The molecule has 0 spiro atoms. The second kappa shape index (κ2) is 7.18. The third-order valence-electron chi connectivity index (χ3n) is 2.11. The van der Waals surface area contributed by atoms with Gasteiger partial charge in [0.05, 0.1) is 6.61 Å². The Bertz CT molecular complexity index is 302. The van der Waals surface area contributed by atoms with Gasteiger partial charge in [0.15, 0.2) is 0 Å². The Morgan fingerprint density at radius 3 is 2.87 bits per heavy atom. The topological polar surface area (TPSA) is 9.23 Å². The molecule has 0 aliphatic rings. The van der Waals surface area contributed by atoms with E-state index in [0.29, 0.717) is 0 Å². The second-order valence-corrected chi connectivity index (χ2v) is 4.99. The summed E-state index contributed by atoms with van der Waals surface area (Å²) in [5.74, 6) is 2.17. The Hall–Kier alpha value is -0.150. The first-order valence-electron chi connectivity index (χ1n) is 5.05. The molecule has 0 N–H and O–H groups in total. The van der Waals surface area contributed by atoms with Gasteiger partial charge in [0, 0.05) is 10.9 Å². The molecule has 0 unspecified atom stereocenters. The van der Waals surface area contributed by atoms with Crippen LogP contribution in [0.1, 0.15) is 17.5 Å². The SMILES string of the molecule is CSCCCOc1ccc(C)cc1CBr. The van der Waals surface area contributed by atoms with Gasteiger partial charge in [-0.3, -0.25) is 0 Å². The lowest BCUT2D eigenvalue weighted by molar-refractivity contribution is 0.316. The first kappa shape index (κ1) is 12.9. The van der Waals surface area contributed by atoms with Crippen LogP contribution in [0, 0.1) is 6.92 Å². The third kappa shape index (κ3) is 4.47. The molecule has 15 heavy (non-hydrogen) atoms. The van der Waals surface area contributed by atoms with E-state index in [1.807, 2.05) is 11.8 Å². The van der Waals surface area contributed by atoms with Gasteiger partial charge in [-0.05, 0) is 31.4 Å². The van der Waals surface area contributed by atoms with Crippen molar-refractivity contribution >= 4 is 27.7 Å². The number of thioether (sulfide) groups is 1. The van der Waals surface area contributed by atoms with Crippen LogP contribution in [-0.4, -0.2) is 18.6 Å². The fraction of sp³-hybridized carbons (Fsp3) is 0.500. The summed E-state index contributed by atoms with van der Waals surface area (Å²) in [5.41, 5.74) is 2.51. The van der Waals surface area contributed by atoms with E-state index in [0.717, 1.165) is 29.9 Å². The van der Waals surface area contributed by atoms with Crippen LogP contribution in [0.5, 0.6) is 5.75 Å². The van der Waals surface area contributed by atoms with Crippen LogP contribution in [0.15, 0.2) is 18.2 Å². The molecule has 0 bridgehead atoms. The lowest BCUT2D eigenvalue weighted by Crippen LogP contribution is -2.00. The zero-order valence-electron chi connectivity index (χ0n) is 9.25. The molecule has 1 aromatic rings. The molecule has 0 saturated carbocycles. The number of hydrogen-bond donors (Lipinski definition) is 0. The first-order valence-corrected chi connectivity index (χ1v) is 7.56. The molecular formula is C12H17BrOS. The summed E-state index contributed by atoms with van der Waals surface area (Å²) in [5, 5.41) is 0.854. The summed E-state index contributed by atoms with van der Waals surface area (Å²) < 4.78 is 5.74. The number of ether oxygens (including phenoxy) is 1. The number of aryl methyl sites for hydroxylation is 1. The number of hydrogen-bond acceptors (Lipinski definition) is 2. The number of alkyl halides is 1. The van der Waals surface area contributed by atoms with Crippen molar-refractivity contribution in [2.75, 3.05) is 18.6 Å². The van der Waals surface area contributed by atoms with Crippen molar-refractivity contribution in [2.24, 2.45) is 0 Å². The van der Waals surface area contributed by atoms with E-state index in [2.05, 4.69) is 47.3 Å². The predicted molar refractivity (Wildman–Crippen MR) is 72.3 cm³/mol. The molecule has 0 fully saturated rings. The highest BCUT2D eigenvalue weighted by atomic mass is 79.9. The fourth-order valence-electron chi connectivity index (χ4n) is 1.34. The molecule has 1 rings (SSSR count). The first-order chi connectivity index (χ1) is 7.27. The van der Waals surface area contributed by atoms with Crippen molar-refractivity contribution in [2.45, 2.75) is 18.7 Å². The Morgan fingerprint density at radius 2 is 2.20 bits per heavy atom. The van der Waals surface area contributed by atoms with Gasteiger partial charge in [0.1, 0.15) is 5.75 Å². The maximum absolute atomic E-state index is 5.74. The van der Waals surface area contributed by atoms with E-state index in [4.69, 9.17) is 4.74 Å². The summed E-state index contributed by atoms with van der Waals surface area (Å²) in [7, 11) is 0. The third-order valence-corrected chi connectivity index (χ3v) is 3.41. The maximum Gasteiger partial charge on any atom is 0.123 e. The van der Waals surface area contributed by atoms with Gasteiger partial charge in [-0.25, -0.2) is 0 Å². The standard InChI is InChI=1S/C12H17BrOS/c1-10-4-5-12(11(8-10)9-13)14-6-3-7-15-2/h4-5,8H,3,6-7,9H2,1-2H3. The summed E-state index contributed by atoms with van der Waals surface area (Å²) in [6.07, 6.45) is 3.23. The van der Waals surface area contributed by atoms with Crippen molar-refractivity contribution in [1.82, 2.24) is 0 Å². The Morgan fingerprint density at radius 1 is 1.40 bits per heavy atom. The minimum atomic E-state index is 0.809. The van der Waals surface area contributed by atoms with Gasteiger partial charge in [0.2, 0.25) is 0 Å². The zero-order valence-corrected chi connectivity index (χ0v) is 11.7. The van der Waals surface area contributed by atoms with Crippen LogP contribution in [0.2, 0.25) is 0 Å². The van der Waals surface area contributed by atoms with Crippen LogP contribution in [-0.2, 0) is 5.33 Å². The average Bonchev–Trinajstić information content (AvgIpc) is 2.26. The largest absolute Gasteiger partial charge is 0.493 e. The van der Waals surface area contributed by atoms with Gasteiger partial charge >= 0.3 is 0 Å². The summed E-state index contributed by atoms with van der Waals surface area (Å²) >= 11 is 5.34. The van der Waals surface area contributed by atoms with Gasteiger partial charge in [-0.15, -0.1) is 0 Å². The quantitative estimate of drug-likeness (QED) is 0.578. The Labute approximate surface area is 105 Å². The molecule has 0 amide bonds. The van der Waals surface area contributed by atoms with Crippen LogP contribution in [0.4, 0.5) is 0 Å². The van der Waals surface area contributed by atoms with Crippen LogP contribution in [0.25, 0.3) is 0 Å². The van der Waals surface area contributed by atoms with Crippen molar-refractivity contribution < 1.29 is 4.74 Å². The van der Waals surface area contributed by atoms with E-state index in [1.54, 1.807) is 0 Å². The Balaban J connectivity index is 2.52. The molecule has 0 atom stereocenters. The highest BCUT2D eigenvalue weighted by Gasteiger charge is 2.02. The fourth-order valence-corrected chi connectivity index (χ4v) is 2.18. The van der Waals surface area contributed by atoms with Crippen molar-refractivity contribution in [3.8, 4) is 5.75 Å². The number of halogens is 1. The molecule has 0 aliphatic heterocycles. The highest BCUT2D eigenvalue weighted by Crippen LogP contribution is 2.22. The number of benzene rings is 1. The summed E-state index contributed by atoms with van der Waals surface area (Å²) in [6, 6.07) is 6.32. The van der Waals surface area contributed by atoms with Crippen molar-refractivity contribution in [1.29, 1.82) is 0 Å². The maximum atomic E-state index is 5.74. The van der Waals surface area contributed by atoms with Gasteiger partial charge < -0.3 is 4.74 Å². The van der Waals surface area contributed by atoms with Gasteiger partial charge in [-0.2, -0.15) is 11.8 Å². The van der Waals surface area contributed by atoms with Crippen molar-refractivity contribution in [3.63, 3.8) is 0 Å². The molecular weight excluding hydrogens is 272 g/mol. The van der Waals surface area contributed by atoms with Crippen molar-refractivity contribution in [3.05, 3.63) is 29.3 Å². The molecule has 84 valence electrons. The summed E-state index contributed by atoms with van der Waals surface area (Å²) in [6.45, 7) is 2.91. The molecule has 3 heteroatoms. The molecule has 0 aliphatic carbocycles. The van der Waals surface area contributed by atoms with Gasteiger partial charge in [0.25, 0.3) is 0 Å². The number of rotatable bonds is 6. The van der Waals surface area contributed by atoms with E-state index in [9.17, 15) is 0 Å². The lowest BCUT2D eigenvalue weighted by Gasteiger charge is -2.10. The van der Waals surface area contributed by atoms with E-state index in [1.165, 1.54) is 11.1 Å². The van der Waals surface area contributed by atoms with E-state index < -0.39 is 0 Å². The molecule has 0 radical (unpaired) electrons. The van der Waals surface area contributed by atoms with Crippen LogP contribution in [0.3, 0.4) is 0 Å². The smallest absolute Gasteiger partial charge is 0.123 e. The molecule has 1 nitrogen and oxygen atoms in total. The average molecular weight is 289 g/mol. The zero-order chi connectivity index (χ0) is 11.1. The minimum Gasteiger partial charge on any atom is -0.493 e. The Kier molecular flexibility index (Phi) is 6.18. The predicted octanol–water partition coefficient (Wildman–Crippen LogP) is 4.02. The molecule has 0 aromatic heterocycles. The van der Waals surface area contributed by atoms with E-state index >= 15 is 0 Å². The van der Waals surface area contributed by atoms with Crippen LogP contribution < -0.4 is 4.74 Å². The van der Waals surface area contributed by atoms with Crippen LogP contribution >= 0.6 is 27.7 Å². The second-order valence-electron chi connectivity index (χ2n) is 3.44. The highest BCUT2D eigenvalue weighted by molar-refractivity contribution is 9.08. The lowest BCUT2D eigenvalue weighted by atomic mass is 10.1. The molecule has 1 aromatic carbocycles. The normalized spacial score (nSPS) is 10.3. The van der Waals surface area contributed by atoms with Gasteiger partial charge in [-0.1, -0.05) is 33.6 Å². The molecule has 0 saturated heterocycles. The summed E-state index contributed by atoms with van der Waals surface area (Å²) in [4.78, 5) is 0. The molecule has 0 heterocycles. The monoisotopic (exact) mass is 288 g/mol. The minimum absolute atomic E-state index is 0.809. The van der Waals surface area contributed by atoms with E-state index in [-0.39, 0.29) is 0 Å².